The molecule has 31 heavy (non-hydrogen) atoms. The van der Waals surface area contributed by atoms with E-state index in [0.717, 1.165) is 11.1 Å². The van der Waals surface area contributed by atoms with Crippen LogP contribution in [0.4, 0.5) is 11.4 Å². The summed E-state index contributed by atoms with van der Waals surface area (Å²) in [6.07, 6.45) is 0. The van der Waals surface area contributed by atoms with Crippen molar-refractivity contribution in [2.45, 2.75) is 10.9 Å². The van der Waals surface area contributed by atoms with Gasteiger partial charge in [0.1, 0.15) is 23.3 Å². The lowest BCUT2D eigenvalue weighted by atomic mass is 10.2. The standard InChI is InChI=1S/C19H16ClN5O5S/c1-29-9-10-30-16-8-7-13(11-17(16)31(20,27)28)22-23-18-15(12-21)24-25(19(18)26)14-5-3-2-4-6-14/h2-8,11,18H,9-10H2,1H3. The molecule has 12 heteroatoms. The third-order valence-electron chi connectivity index (χ3n) is 4.05. The number of para-hydroxylation sites is 1. The number of azo groups is 1. The number of ether oxygens (including phenoxy) is 2. The van der Waals surface area contributed by atoms with Crippen LogP contribution in [-0.2, 0) is 18.6 Å². The van der Waals surface area contributed by atoms with Gasteiger partial charge in [-0.3, -0.25) is 4.79 Å². The Bertz CT molecular complexity index is 1180. The number of amides is 1. The number of carbonyl (C=O) groups excluding carboxylic acids is 1. The summed E-state index contributed by atoms with van der Waals surface area (Å²) in [6, 6.07) is 13.1. The smallest absolute Gasteiger partial charge is 0.281 e. The zero-order valence-corrected chi connectivity index (χ0v) is 17.7. The van der Waals surface area contributed by atoms with Crippen molar-refractivity contribution in [2.75, 3.05) is 25.3 Å². The summed E-state index contributed by atoms with van der Waals surface area (Å²) in [6.45, 7) is 0.367. The highest BCUT2D eigenvalue weighted by molar-refractivity contribution is 8.13. The van der Waals surface area contributed by atoms with Gasteiger partial charge in [0, 0.05) is 17.8 Å². The summed E-state index contributed by atoms with van der Waals surface area (Å²) < 4.78 is 34.0. The van der Waals surface area contributed by atoms with Crippen LogP contribution in [0.3, 0.4) is 0 Å². The number of nitrogens with zero attached hydrogens (tertiary/aromatic N) is 5. The molecule has 10 nitrogen and oxygen atoms in total. The Morgan fingerprint density at radius 3 is 2.61 bits per heavy atom. The molecule has 0 aromatic heterocycles. The molecule has 0 saturated heterocycles. The van der Waals surface area contributed by atoms with E-state index in [9.17, 15) is 18.5 Å². The van der Waals surface area contributed by atoms with Gasteiger partial charge in [-0.1, -0.05) is 18.2 Å². The van der Waals surface area contributed by atoms with Gasteiger partial charge in [-0.2, -0.15) is 25.6 Å². The maximum absolute atomic E-state index is 12.7. The first-order valence-corrected chi connectivity index (χ1v) is 11.1. The van der Waals surface area contributed by atoms with Gasteiger partial charge in [0.15, 0.2) is 5.71 Å². The zero-order valence-electron chi connectivity index (χ0n) is 16.2. The fourth-order valence-corrected chi connectivity index (χ4v) is 3.60. The molecule has 0 fully saturated rings. The van der Waals surface area contributed by atoms with E-state index in [-0.39, 0.29) is 35.3 Å². The minimum Gasteiger partial charge on any atom is -0.490 e. The van der Waals surface area contributed by atoms with Gasteiger partial charge in [0.2, 0.25) is 6.04 Å². The Morgan fingerprint density at radius 2 is 1.97 bits per heavy atom. The maximum Gasteiger partial charge on any atom is 0.281 e. The van der Waals surface area contributed by atoms with Crippen LogP contribution in [0, 0.1) is 11.3 Å². The van der Waals surface area contributed by atoms with Gasteiger partial charge in [-0.25, -0.2) is 8.42 Å². The zero-order chi connectivity index (χ0) is 22.4. The fraction of sp³-hybridized carbons (Fsp3) is 0.211. The fourth-order valence-electron chi connectivity index (χ4n) is 2.61. The first kappa shape index (κ1) is 22.4. The third-order valence-corrected chi connectivity index (χ3v) is 5.39. The number of hydrogen-bond donors (Lipinski definition) is 0. The molecule has 160 valence electrons. The predicted molar refractivity (Wildman–Crippen MR) is 112 cm³/mol. The predicted octanol–water partition coefficient (Wildman–Crippen LogP) is 3.02. The number of anilines is 1. The molecular formula is C19H16ClN5O5S. The number of hydrogen-bond acceptors (Lipinski definition) is 9. The topological polar surface area (TPSA) is 134 Å². The number of halogens is 1. The van der Waals surface area contributed by atoms with Crippen molar-refractivity contribution in [3.8, 4) is 11.8 Å². The Labute approximate surface area is 182 Å². The molecule has 1 heterocycles. The summed E-state index contributed by atoms with van der Waals surface area (Å²) in [5.74, 6) is -0.534. The van der Waals surface area contributed by atoms with Crippen LogP contribution in [0.15, 0.2) is 68.8 Å². The largest absolute Gasteiger partial charge is 0.490 e. The van der Waals surface area contributed by atoms with E-state index >= 15 is 0 Å². The summed E-state index contributed by atoms with van der Waals surface area (Å²) >= 11 is 0. The SMILES string of the molecule is COCCOc1ccc(N=NC2C(=O)N(c3ccccc3)N=C2C#N)cc1S(=O)(=O)Cl. The summed E-state index contributed by atoms with van der Waals surface area (Å²) in [5, 5.41) is 22.2. The van der Waals surface area contributed by atoms with E-state index in [1.165, 1.54) is 19.2 Å². The van der Waals surface area contributed by atoms with Crippen molar-refractivity contribution < 1.29 is 22.7 Å². The average molecular weight is 462 g/mol. The minimum atomic E-state index is -4.15. The minimum absolute atomic E-state index is 0.0254. The van der Waals surface area contributed by atoms with Crippen LogP contribution in [0.25, 0.3) is 0 Å². The van der Waals surface area contributed by atoms with Crippen molar-refractivity contribution >= 4 is 42.7 Å². The van der Waals surface area contributed by atoms with Gasteiger partial charge in [0.25, 0.3) is 15.0 Å². The van der Waals surface area contributed by atoms with Crippen molar-refractivity contribution in [2.24, 2.45) is 15.3 Å². The Balaban J connectivity index is 1.86. The molecule has 1 unspecified atom stereocenters. The van der Waals surface area contributed by atoms with Crippen LogP contribution < -0.4 is 9.75 Å². The Kier molecular flexibility index (Phi) is 6.96. The quantitative estimate of drug-likeness (QED) is 0.337. The summed E-state index contributed by atoms with van der Waals surface area (Å²) in [7, 11) is 2.83. The second-order valence-electron chi connectivity index (χ2n) is 6.11. The normalized spacial score (nSPS) is 16.4. The molecule has 2 aromatic rings. The Morgan fingerprint density at radius 1 is 1.23 bits per heavy atom. The van der Waals surface area contributed by atoms with E-state index in [1.54, 1.807) is 30.3 Å². The van der Waals surface area contributed by atoms with Gasteiger partial charge in [-0.05, 0) is 30.3 Å². The lowest BCUT2D eigenvalue weighted by Gasteiger charge is -2.11. The van der Waals surface area contributed by atoms with Crippen molar-refractivity contribution in [3.05, 3.63) is 48.5 Å². The second-order valence-corrected chi connectivity index (χ2v) is 8.65. The van der Waals surface area contributed by atoms with E-state index in [1.807, 2.05) is 6.07 Å². The molecular weight excluding hydrogens is 446 g/mol. The number of carbonyl (C=O) groups is 1. The van der Waals surface area contributed by atoms with Gasteiger partial charge >= 0.3 is 0 Å². The van der Waals surface area contributed by atoms with E-state index in [2.05, 4.69) is 15.3 Å². The van der Waals surface area contributed by atoms with Crippen LogP contribution in [-0.4, -0.2) is 46.4 Å². The lowest BCUT2D eigenvalue weighted by molar-refractivity contribution is -0.117. The number of methoxy groups -OCH3 is 1. The molecule has 0 bridgehead atoms. The highest BCUT2D eigenvalue weighted by Crippen LogP contribution is 2.32. The molecule has 1 aliphatic rings. The molecule has 3 rings (SSSR count). The lowest BCUT2D eigenvalue weighted by Crippen LogP contribution is -2.30. The van der Waals surface area contributed by atoms with Crippen LogP contribution in [0.1, 0.15) is 0 Å². The molecule has 1 aliphatic heterocycles. The molecule has 0 spiro atoms. The van der Waals surface area contributed by atoms with E-state index in [0.29, 0.717) is 5.69 Å². The van der Waals surface area contributed by atoms with E-state index < -0.39 is 21.0 Å². The first-order chi connectivity index (χ1) is 14.8. The van der Waals surface area contributed by atoms with E-state index in [4.69, 9.17) is 20.2 Å². The van der Waals surface area contributed by atoms with Gasteiger partial charge < -0.3 is 9.47 Å². The molecule has 0 N–H and O–H groups in total. The van der Waals surface area contributed by atoms with Crippen LogP contribution in [0.2, 0.25) is 0 Å². The molecule has 0 aliphatic carbocycles. The second kappa shape index (κ2) is 9.65. The summed E-state index contributed by atoms with van der Waals surface area (Å²) in [5.41, 5.74) is 0.440. The van der Waals surface area contributed by atoms with Crippen LogP contribution in [0.5, 0.6) is 5.75 Å². The molecule has 1 amide bonds. The summed E-state index contributed by atoms with van der Waals surface area (Å²) in [4.78, 5) is 12.4. The molecule has 2 aromatic carbocycles. The average Bonchev–Trinajstić information content (AvgIpc) is 3.08. The van der Waals surface area contributed by atoms with Gasteiger partial charge in [-0.15, -0.1) is 0 Å². The number of rotatable bonds is 8. The maximum atomic E-state index is 12.7. The highest BCUT2D eigenvalue weighted by Gasteiger charge is 2.37. The van der Waals surface area contributed by atoms with Crippen LogP contribution >= 0.6 is 10.7 Å². The Hall–Kier alpha value is -3.33. The number of nitriles is 1. The van der Waals surface area contributed by atoms with Crippen molar-refractivity contribution in [1.29, 1.82) is 5.26 Å². The van der Waals surface area contributed by atoms with Gasteiger partial charge in [0.05, 0.1) is 18.0 Å². The third kappa shape index (κ3) is 5.24. The van der Waals surface area contributed by atoms with Crippen molar-refractivity contribution in [3.63, 3.8) is 0 Å². The molecule has 1 atom stereocenters. The van der Waals surface area contributed by atoms with Crippen molar-refractivity contribution in [1.82, 2.24) is 0 Å². The number of benzene rings is 2. The molecule has 0 saturated carbocycles. The monoisotopic (exact) mass is 461 g/mol. The highest BCUT2D eigenvalue weighted by atomic mass is 35.7. The first-order valence-electron chi connectivity index (χ1n) is 8.84. The number of hydrazone groups is 1. The molecule has 0 radical (unpaired) electrons.